The Morgan fingerprint density at radius 2 is 2.02 bits per heavy atom. The van der Waals surface area contributed by atoms with Crippen LogP contribution in [0.15, 0.2) is 58.2 Å². The predicted molar refractivity (Wildman–Crippen MR) is 159 cm³/mol. The second kappa shape index (κ2) is 11.3. The van der Waals surface area contributed by atoms with Crippen LogP contribution in [-0.4, -0.2) is 61.1 Å². The van der Waals surface area contributed by atoms with Gasteiger partial charge in [-0.2, -0.15) is 20.4 Å². The number of anilines is 1. The first-order chi connectivity index (χ1) is 20.2. The molecule has 1 aliphatic carbocycles. The molecule has 1 saturated carbocycles. The van der Waals surface area contributed by atoms with E-state index in [9.17, 15) is 9.90 Å². The van der Waals surface area contributed by atoms with Gasteiger partial charge in [0.1, 0.15) is 0 Å². The van der Waals surface area contributed by atoms with Crippen LogP contribution in [0, 0.1) is 13.8 Å². The van der Waals surface area contributed by atoms with Crippen LogP contribution in [0.4, 0.5) is 5.69 Å². The van der Waals surface area contributed by atoms with Crippen LogP contribution in [0.5, 0.6) is 0 Å². The monoisotopic (exact) mass is 589 g/mol. The highest BCUT2D eigenvalue weighted by atomic mass is 35.5. The average molecular weight is 590 g/mol. The van der Waals surface area contributed by atoms with Crippen molar-refractivity contribution >= 4 is 34.5 Å². The molecule has 1 aliphatic heterocycles. The normalized spacial score (nSPS) is 17.3. The number of nitrogens with zero attached hydrogens (tertiary/aromatic N) is 7. The number of hydrazone groups is 1. The molecule has 0 atom stereocenters. The fourth-order valence-corrected chi connectivity index (χ4v) is 5.36. The van der Waals surface area contributed by atoms with Gasteiger partial charge in [-0.25, -0.2) is 4.52 Å². The van der Waals surface area contributed by atoms with Gasteiger partial charge in [0.15, 0.2) is 5.84 Å². The number of nitrogens with one attached hydrogen (secondary N) is 1. The Bertz CT molecular complexity index is 1710. The number of hydrogen-bond donors (Lipinski definition) is 3. The summed E-state index contributed by atoms with van der Waals surface area (Å²) in [6.07, 6.45) is 8.39. The Labute approximate surface area is 247 Å². The summed E-state index contributed by atoms with van der Waals surface area (Å²) in [5.74, 6) is 5.51. The quantitative estimate of drug-likeness (QED) is 0.0947. The van der Waals surface area contributed by atoms with Gasteiger partial charge in [-0.1, -0.05) is 11.6 Å². The zero-order chi connectivity index (χ0) is 29.4. The van der Waals surface area contributed by atoms with Gasteiger partial charge < -0.3 is 21.0 Å². The number of hydrogen-bond acceptors (Lipinski definition) is 8. The van der Waals surface area contributed by atoms with Crippen molar-refractivity contribution in [3.63, 3.8) is 0 Å². The summed E-state index contributed by atoms with van der Waals surface area (Å²) in [5, 5.41) is 35.5. The molecule has 13 heteroatoms. The number of halogens is 1. The van der Waals surface area contributed by atoms with Crippen LogP contribution in [0.1, 0.15) is 52.9 Å². The molecule has 12 nitrogen and oxygen atoms in total. The van der Waals surface area contributed by atoms with Crippen molar-refractivity contribution in [1.82, 2.24) is 19.4 Å². The first-order valence-corrected chi connectivity index (χ1v) is 14.2. The number of nitrogens with two attached hydrogens (primary N) is 1. The molecule has 4 heterocycles. The zero-order valence-electron chi connectivity index (χ0n) is 23.4. The van der Waals surface area contributed by atoms with Crippen LogP contribution in [0.3, 0.4) is 0 Å². The molecule has 0 radical (unpaired) electrons. The number of rotatable bonds is 7. The lowest BCUT2D eigenvalue weighted by molar-refractivity contribution is -0.0745. The Morgan fingerprint density at radius 3 is 2.76 bits per heavy atom. The van der Waals surface area contributed by atoms with Crippen LogP contribution < -0.4 is 11.2 Å². The molecule has 2 aliphatic rings. The third-order valence-electron chi connectivity index (χ3n) is 7.69. The first kappa shape index (κ1) is 28.0. The van der Waals surface area contributed by atoms with Gasteiger partial charge in [0, 0.05) is 49.6 Å². The highest BCUT2D eigenvalue weighted by molar-refractivity contribution is 6.34. The van der Waals surface area contributed by atoms with Crippen molar-refractivity contribution in [3.8, 4) is 11.1 Å². The summed E-state index contributed by atoms with van der Waals surface area (Å²) in [7, 11) is 0. The highest BCUT2D eigenvalue weighted by Gasteiger charge is 2.31. The molecule has 1 saturated heterocycles. The zero-order valence-corrected chi connectivity index (χ0v) is 24.2. The van der Waals surface area contributed by atoms with E-state index in [1.165, 1.54) is 6.20 Å². The van der Waals surface area contributed by atoms with Crippen molar-refractivity contribution in [2.45, 2.75) is 57.7 Å². The van der Waals surface area contributed by atoms with Crippen molar-refractivity contribution in [1.29, 1.82) is 0 Å². The van der Waals surface area contributed by atoms with Crippen LogP contribution in [0.2, 0.25) is 5.02 Å². The van der Waals surface area contributed by atoms with E-state index in [4.69, 9.17) is 22.2 Å². The molecule has 4 N–H and O–H groups in total. The number of amides is 1. The molecule has 0 unspecified atom stereocenters. The first-order valence-electron chi connectivity index (χ1n) is 13.9. The lowest BCUT2D eigenvalue weighted by Gasteiger charge is -2.31. The molecule has 4 aromatic rings. The summed E-state index contributed by atoms with van der Waals surface area (Å²) in [5.41, 5.74) is 4.56. The lowest BCUT2D eigenvalue weighted by atomic mass is 9.94. The standard InChI is InChI=1S/C29H32ClN9O3/c1-17-11-24(30)25(13-21(17)27(34-31)36-35-20-3-4-20)33-28(40)22-14-32-39-8-5-19(12-26(22)39)23-15-38(37-18(23)2)16-29(41)6-9-42-10-7-29/h5,8,11-15,20,41H,3-4,6-7,9-10,16,31H2,1-2H3,(H,33,40)/b34-27-,36-35?. The van der Waals surface area contributed by atoms with Gasteiger partial charge in [-0.3, -0.25) is 9.48 Å². The van der Waals surface area contributed by atoms with Gasteiger partial charge in [-0.05, 0) is 62.1 Å². The minimum atomic E-state index is -0.845. The van der Waals surface area contributed by atoms with Gasteiger partial charge in [0.25, 0.3) is 5.91 Å². The van der Waals surface area contributed by atoms with Gasteiger partial charge in [0.05, 0.1) is 51.9 Å². The summed E-state index contributed by atoms with van der Waals surface area (Å²) in [6.45, 7) is 5.25. The van der Waals surface area contributed by atoms with E-state index in [-0.39, 0.29) is 17.8 Å². The lowest BCUT2D eigenvalue weighted by Crippen LogP contribution is -2.40. The Kier molecular flexibility index (Phi) is 7.52. The fourth-order valence-electron chi connectivity index (χ4n) is 5.09. The number of amidine groups is 1. The molecule has 6 rings (SSSR count). The summed E-state index contributed by atoms with van der Waals surface area (Å²) >= 11 is 6.52. The van der Waals surface area contributed by atoms with E-state index in [1.807, 2.05) is 32.2 Å². The Hall–Kier alpha value is -4.13. The molecule has 1 amide bonds. The summed E-state index contributed by atoms with van der Waals surface area (Å²) < 4.78 is 8.82. The van der Waals surface area contributed by atoms with E-state index >= 15 is 0 Å². The highest BCUT2D eigenvalue weighted by Crippen LogP contribution is 2.31. The molecule has 1 aromatic carbocycles. The van der Waals surface area contributed by atoms with Gasteiger partial charge in [0.2, 0.25) is 0 Å². The van der Waals surface area contributed by atoms with E-state index in [0.29, 0.717) is 60.0 Å². The number of aliphatic hydroxyl groups is 1. The van der Waals surface area contributed by atoms with E-state index in [2.05, 4.69) is 30.8 Å². The Balaban J connectivity index is 1.26. The minimum Gasteiger partial charge on any atom is -0.388 e. The number of azo groups is 1. The van der Waals surface area contributed by atoms with Gasteiger partial charge in [-0.15, -0.1) is 5.11 Å². The molecule has 0 bridgehead atoms. The number of aromatic nitrogens is 4. The molecule has 0 spiro atoms. The van der Waals surface area contributed by atoms with E-state index in [0.717, 1.165) is 35.2 Å². The molecule has 218 valence electrons. The van der Waals surface area contributed by atoms with Crippen LogP contribution in [0.25, 0.3) is 16.6 Å². The minimum absolute atomic E-state index is 0.213. The number of aryl methyl sites for hydroxylation is 2. The molecule has 3 aromatic heterocycles. The SMILES string of the molecule is Cc1cc(Cl)c(NC(=O)c2cnn3ccc(-c4cn(CC5(O)CCOCC5)nc4C)cc23)cc1/C(N=NC1CC1)=N/N. The van der Waals surface area contributed by atoms with Gasteiger partial charge >= 0.3 is 0 Å². The molecule has 42 heavy (non-hydrogen) atoms. The maximum absolute atomic E-state index is 13.5. The maximum Gasteiger partial charge on any atom is 0.259 e. The largest absolute Gasteiger partial charge is 0.388 e. The topological polar surface area (TPSA) is 157 Å². The van der Waals surface area contributed by atoms with E-state index in [1.54, 1.807) is 27.5 Å². The molecular formula is C29H32ClN9O3. The van der Waals surface area contributed by atoms with Crippen molar-refractivity contribution in [3.05, 3.63) is 70.3 Å². The number of ether oxygens (including phenoxy) is 1. The third kappa shape index (κ3) is 5.78. The smallest absolute Gasteiger partial charge is 0.259 e. The third-order valence-corrected chi connectivity index (χ3v) is 8.00. The number of benzene rings is 1. The van der Waals surface area contributed by atoms with Crippen LogP contribution in [-0.2, 0) is 11.3 Å². The number of pyridine rings is 1. The van der Waals surface area contributed by atoms with E-state index < -0.39 is 5.60 Å². The van der Waals surface area contributed by atoms with Crippen molar-refractivity contribution in [2.75, 3.05) is 18.5 Å². The number of carbonyl (C=O) groups is 1. The number of carbonyl (C=O) groups excluding carboxylic acids is 1. The molecule has 2 fully saturated rings. The summed E-state index contributed by atoms with van der Waals surface area (Å²) in [6, 6.07) is 7.47. The maximum atomic E-state index is 13.5. The second-order valence-corrected chi connectivity index (χ2v) is 11.4. The average Bonchev–Trinajstić information content (AvgIpc) is 3.58. The summed E-state index contributed by atoms with van der Waals surface area (Å²) in [4.78, 5) is 13.5. The Morgan fingerprint density at radius 1 is 1.24 bits per heavy atom. The number of fused-ring (bicyclic) bond motifs is 1. The predicted octanol–water partition coefficient (Wildman–Crippen LogP) is 4.50. The van der Waals surface area contributed by atoms with Crippen molar-refractivity contribution < 1.29 is 14.6 Å². The fraction of sp³-hybridized carbons (Fsp3) is 0.379. The van der Waals surface area contributed by atoms with Crippen molar-refractivity contribution in [2.24, 2.45) is 21.2 Å². The molecular weight excluding hydrogens is 558 g/mol. The second-order valence-electron chi connectivity index (χ2n) is 11.0. The van der Waals surface area contributed by atoms with Crippen LogP contribution >= 0.6 is 11.6 Å².